The third kappa shape index (κ3) is 2.57. The van der Waals surface area contributed by atoms with Gasteiger partial charge >= 0.3 is 0 Å². The molecule has 3 heterocycles. The fraction of sp³-hybridized carbons (Fsp3) is 0.0769. The lowest BCUT2D eigenvalue weighted by atomic mass is 10.3. The molecule has 0 saturated heterocycles. The number of amides is 1. The van der Waals surface area contributed by atoms with Crippen molar-refractivity contribution in [2.24, 2.45) is 0 Å². The molecule has 7 nitrogen and oxygen atoms in total. The molecule has 21 heavy (non-hydrogen) atoms. The minimum Gasteiger partial charge on any atom is -0.494 e. The summed E-state index contributed by atoms with van der Waals surface area (Å²) in [5.41, 5.74) is 1.33. The number of halogens is 1. The van der Waals surface area contributed by atoms with Gasteiger partial charge in [0.2, 0.25) is 0 Å². The van der Waals surface area contributed by atoms with Crippen molar-refractivity contribution < 1.29 is 9.53 Å². The highest BCUT2D eigenvalue weighted by molar-refractivity contribution is 9.10. The number of methoxy groups -OCH3 is 1. The van der Waals surface area contributed by atoms with Crippen LogP contribution in [0.4, 0.5) is 5.69 Å². The Bertz CT molecular complexity index is 817. The third-order valence-electron chi connectivity index (χ3n) is 2.82. The fourth-order valence-corrected chi connectivity index (χ4v) is 2.15. The van der Waals surface area contributed by atoms with Crippen LogP contribution in [0.3, 0.4) is 0 Å². The monoisotopic (exact) mass is 347 g/mol. The first-order valence-corrected chi connectivity index (χ1v) is 6.76. The number of carbonyl (C=O) groups excluding carboxylic acids is 1. The molecule has 8 heteroatoms. The molecule has 1 amide bonds. The van der Waals surface area contributed by atoms with E-state index in [1.165, 1.54) is 24.0 Å². The van der Waals surface area contributed by atoms with Crippen LogP contribution in [0.15, 0.2) is 41.5 Å². The number of carbonyl (C=O) groups is 1. The molecule has 3 rings (SSSR count). The Labute approximate surface area is 128 Å². The Balaban J connectivity index is 1.94. The van der Waals surface area contributed by atoms with Gasteiger partial charge in [0, 0.05) is 24.7 Å². The lowest BCUT2D eigenvalue weighted by Crippen LogP contribution is -2.13. The summed E-state index contributed by atoms with van der Waals surface area (Å²) in [6.07, 6.45) is 7.91. The van der Waals surface area contributed by atoms with Gasteiger partial charge < -0.3 is 10.1 Å². The van der Waals surface area contributed by atoms with E-state index in [2.05, 4.69) is 36.3 Å². The van der Waals surface area contributed by atoms with Crippen LogP contribution in [0, 0.1) is 0 Å². The van der Waals surface area contributed by atoms with Crippen molar-refractivity contribution in [2.45, 2.75) is 0 Å². The van der Waals surface area contributed by atoms with Crippen LogP contribution in [0.2, 0.25) is 0 Å². The summed E-state index contributed by atoms with van der Waals surface area (Å²) in [7, 11) is 1.53. The van der Waals surface area contributed by atoms with Crippen molar-refractivity contribution in [3.05, 3.63) is 47.1 Å². The lowest BCUT2D eigenvalue weighted by molar-refractivity contribution is 0.102. The zero-order valence-electron chi connectivity index (χ0n) is 10.9. The van der Waals surface area contributed by atoms with Crippen LogP contribution in [0.25, 0.3) is 5.65 Å². The van der Waals surface area contributed by atoms with Gasteiger partial charge in [-0.05, 0) is 15.9 Å². The van der Waals surface area contributed by atoms with Gasteiger partial charge in [0.05, 0.1) is 24.0 Å². The number of anilines is 1. The van der Waals surface area contributed by atoms with E-state index >= 15 is 0 Å². The number of fused-ring (bicyclic) bond motifs is 1. The summed E-state index contributed by atoms with van der Waals surface area (Å²) in [4.78, 5) is 20.5. The van der Waals surface area contributed by atoms with Gasteiger partial charge in [-0.2, -0.15) is 5.10 Å². The quantitative estimate of drug-likeness (QED) is 0.784. The molecule has 0 radical (unpaired) electrons. The minimum absolute atomic E-state index is 0.328. The first-order chi connectivity index (χ1) is 10.2. The van der Waals surface area contributed by atoms with Gasteiger partial charge in [0.15, 0.2) is 5.65 Å². The maximum Gasteiger partial charge on any atom is 0.261 e. The molecule has 3 aromatic heterocycles. The average Bonchev–Trinajstić information content (AvgIpc) is 2.90. The molecule has 3 aromatic rings. The van der Waals surface area contributed by atoms with Gasteiger partial charge in [-0.15, -0.1) is 0 Å². The summed E-state index contributed by atoms with van der Waals surface area (Å²) in [6, 6.07) is 1.67. The molecule has 0 unspecified atom stereocenters. The molecule has 0 saturated carbocycles. The van der Waals surface area contributed by atoms with Crippen molar-refractivity contribution in [1.82, 2.24) is 19.6 Å². The number of hydrogen-bond acceptors (Lipinski definition) is 5. The number of pyridine rings is 1. The van der Waals surface area contributed by atoms with Gasteiger partial charge in [-0.25, -0.2) is 9.50 Å². The summed E-state index contributed by atoms with van der Waals surface area (Å²) in [5.74, 6) is 0.205. The first kappa shape index (κ1) is 13.5. The summed E-state index contributed by atoms with van der Waals surface area (Å²) in [5, 5.41) is 6.84. The van der Waals surface area contributed by atoms with Crippen molar-refractivity contribution >= 4 is 33.2 Å². The van der Waals surface area contributed by atoms with Crippen molar-refractivity contribution in [3.63, 3.8) is 0 Å². The molecule has 106 valence electrons. The molecule has 0 aromatic carbocycles. The van der Waals surface area contributed by atoms with E-state index in [0.29, 0.717) is 22.6 Å². The smallest absolute Gasteiger partial charge is 0.261 e. The predicted octanol–water partition coefficient (Wildman–Crippen LogP) is 2.15. The highest BCUT2D eigenvalue weighted by atomic mass is 79.9. The summed E-state index contributed by atoms with van der Waals surface area (Å²) in [6.45, 7) is 0. The summed E-state index contributed by atoms with van der Waals surface area (Å²) < 4.78 is 7.47. The Hall–Kier alpha value is -2.48. The normalized spacial score (nSPS) is 10.6. The molecule has 0 spiro atoms. The number of nitrogens with zero attached hydrogens (tertiary/aromatic N) is 4. The van der Waals surface area contributed by atoms with Crippen LogP contribution in [-0.4, -0.2) is 32.6 Å². The molecule has 0 aliphatic heterocycles. The van der Waals surface area contributed by atoms with Crippen molar-refractivity contribution in [2.75, 3.05) is 12.4 Å². The molecular formula is C13H10BrN5O2. The van der Waals surface area contributed by atoms with E-state index in [1.807, 2.05) is 0 Å². The second-order valence-electron chi connectivity index (χ2n) is 4.13. The molecule has 1 N–H and O–H groups in total. The topological polar surface area (TPSA) is 81.4 Å². The van der Waals surface area contributed by atoms with E-state index in [1.54, 1.807) is 24.7 Å². The van der Waals surface area contributed by atoms with Crippen molar-refractivity contribution in [1.29, 1.82) is 0 Å². The largest absolute Gasteiger partial charge is 0.494 e. The third-order valence-corrected chi connectivity index (χ3v) is 3.23. The Kier molecular flexibility index (Phi) is 3.53. The Morgan fingerprint density at radius 1 is 1.38 bits per heavy atom. The van der Waals surface area contributed by atoms with Crippen LogP contribution >= 0.6 is 15.9 Å². The van der Waals surface area contributed by atoms with E-state index in [0.717, 1.165) is 4.47 Å². The van der Waals surface area contributed by atoms with Crippen LogP contribution in [-0.2, 0) is 0 Å². The Morgan fingerprint density at radius 3 is 3.05 bits per heavy atom. The maximum absolute atomic E-state index is 12.3. The van der Waals surface area contributed by atoms with Crippen LogP contribution in [0.1, 0.15) is 10.4 Å². The van der Waals surface area contributed by atoms with Crippen LogP contribution < -0.4 is 10.1 Å². The number of rotatable bonds is 3. The number of aromatic nitrogens is 4. The second kappa shape index (κ2) is 5.49. The highest BCUT2D eigenvalue weighted by Crippen LogP contribution is 2.23. The molecule has 0 bridgehead atoms. The van der Waals surface area contributed by atoms with Gasteiger partial charge in [0.25, 0.3) is 5.91 Å². The number of hydrogen-bond donors (Lipinski definition) is 1. The van der Waals surface area contributed by atoms with Crippen LogP contribution in [0.5, 0.6) is 5.75 Å². The fourth-order valence-electron chi connectivity index (χ4n) is 1.86. The first-order valence-electron chi connectivity index (χ1n) is 5.97. The molecule has 0 fully saturated rings. The van der Waals surface area contributed by atoms with E-state index in [4.69, 9.17) is 4.74 Å². The Morgan fingerprint density at radius 2 is 2.24 bits per heavy atom. The molecule has 0 atom stereocenters. The highest BCUT2D eigenvalue weighted by Gasteiger charge is 2.16. The molecular weight excluding hydrogens is 338 g/mol. The van der Waals surface area contributed by atoms with E-state index in [9.17, 15) is 4.79 Å². The minimum atomic E-state index is -0.328. The average molecular weight is 348 g/mol. The zero-order chi connectivity index (χ0) is 14.8. The summed E-state index contributed by atoms with van der Waals surface area (Å²) >= 11 is 3.30. The predicted molar refractivity (Wildman–Crippen MR) is 79.4 cm³/mol. The standard InChI is InChI=1S/C13H10BrN5O2/c1-21-11-2-3-15-6-10(11)18-13(20)9-5-17-19-7-8(14)4-16-12(9)19/h2-7H,1H3,(H,18,20). The molecule has 0 aliphatic rings. The zero-order valence-corrected chi connectivity index (χ0v) is 12.5. The number of nitrogens with one attached hydrogen (secondary N) is 1. The second-order valence-corrected chi connectivity index (χ2v) is 5.04. The maximum atomic E-state index is 12.3. The number of ether oxygens (including phenoxy) is 1. The SMILES string of the molecule is COc1ccncc1NC(=O)c1cnn2cc(Br)cnc12. The van der Waals surface area contributed by atoms with Crippen molar-refractivity contribution in [3.8, 4) is 5.75 Å². The van der Waals surface area contributed by atoms with Gasteiger partial charge in [0.1, 0.15) is 17.0 Å². The van der Waals surface area contributed by atoms with Gasteiger partial charge in [-0.1, -0.05) is 0 Å². The molecule has 0 aliphatic carbocycles. The van der Waals surface area contributed by atoms with E-state index in [-0.39, 0.29) is 5.91 Å². The lowest BCUT2D eigenvalue weighted by Gasteiger charge is -2.08. The van der Waals surface area contributed by atoms with E-state index < -0.39 is 0 Å². The van der Waals surface area contributed by atoms with Gasteiger partial charge in [-0.3, -0.25) is 9.78 Å².